The fraction of sp³-hybridized carbons (Fsp3) is 0.448. The molecule has 0 aliphatic rings. The standard InChI is InChI=1S/C22H18I6N2O9.C7H17NO5/c23-9-5-11(25)19(17(27)15(9)21(33)34)29-13(31)7-38-3-1-37-2-4-39-8-14(32)30-20-12(26)6-10(24)16(18(20)28)22(35)36;1-8-2-4(10)6(12)7(13)5(11)3-9/h5-6H,1-4,7-8H2,(H,29,31)(H,30,32)(H,33,34)(H,35,36);4-13H,2-3H2,1H3/t;4-,5+,6+,7+/m.0/s1. The number of anilines is 2. The van der Waals surface area contributed by atoms with Crippen LogP contribution in [0.15, 0.2) is 12.1 Å². The third kappa shape index (κ3) is 16.8. The molecule has 0 unspecified atom stereocenters. The van der Waals surface area contributed by atoms with Crippen LogP contribution in [0.3, 0.4) is 0 Å². The molecular formula is C29H35I6N3O14. The first-order valence-corrected chi connectivity index (χ1v) is 21.0. The summed E-state index contributed by atoms with van der Waals surface area (Å²) in [7, 11) is 1.57. The molecule has 52 heavy (non-hydrogen) atoms. The van der Waals surface area contributed by atoms with Gasteiger partial charge in [-0.15, -0.1) is 0 Å². The molecule has 4 atom stereocenters. The first-order chi connectivity index (χ1) is 24.4. The molecule has 2 amide bonds. The first-order valence-electron chi connectivity index (χ1n) is 14.5. The third-order valence-corrected chi connectivity index (χ3v) is 11.8. The van der Waals surface area contributed by atoms with E-state index >= 15 is 0 Å². The number of aliphatic hydroxyl groups is 5. The molecule has 0 saturated carbocycles. The molecule has 23 heteroatoms. The Morgan fingerprint density at radius 3 is 1.35 bits per heavy atom. The molecule has 0 heterocycles. The lowest BCUT2D eigenvalue weighted by Crippen LogP contribution is -2.48. The van der Waals surface area contributed by atoms with Crippen LogP contribution < -0.4 is 16.0 Å². The Balaban J connectivity index is 0.000000880. The Labute approximate surface area is 379 Å². The Morgan fingerprint density at radius 1 is 0.635 bits per heavy atom. The molecular weight excluding hydrogens is 1380 g/mol. The van der Waals surface area contributed by atoms with Gasteiger partial charge in [-0.2, -0.15) is 0 Å². The van der Waals surface area contributed by atoms with E-state index in [1.54, 1.807) is 19.2 Å². The first kappa shape index (κ1) is 50.4. The minimum atomic E-state index is -1.55. The highest BCUT2D eigenvalue weighted by molar-refractivity contribution is 14.1. The van der Waals surface area contributed by atoms with E-state index < -0.39 is 54.8 Å². The van der Waals surface area contributed by atoms with Crippen LogP contribution in [0.25, 0.3) is 0 Å². The largest absolute Gasteiger partial charge is 0.478 e. The molecule has 2 aromatic carbocycles. The molecule has 2 rings (SSSR count). The molecule has 0 fully saturated rings. The Hall–Kier alpha value is 0.340. The van der Waals surface area contributed by atoms with Gasteiger partial charge in [0.05, 0.1) is 68.8 Å². The summed E-state index contributed by atoms with van der Waals surface area (Å²) in [6.07, 6.45) is -5.65. The van der Waals surface area contributed by atoms with Crippen molar-refractivity contribution in [2.45, 2.75) is 24.4 Å². The summed E-state index contributed by atoms with van der Waals surface area (Å²) >= 11 is 11.8. The number of carbonyl (C=O) groups excluding carboxylic acids is 2. The van der Waals surface area contributed by atoms with Gasteiger partial charge >= 0.3 is 11.9 Å². The van der Waals surface area contributed by atoms with Gasteiger partial charge in [-0.25, -0.2) is 9.59 Å². The zero-order valence-electron chi connectivity index (χ0n) is 26.9. The molecule has 0 aromatic heterocycles. The van der Waals surface area contributed by atoms with E-state index in [2.05, 4.69) is 16.0 Å². The molecule has 0 aliphatic carbocycles. The average Bonchev–Trinajstić information content (AvgIpc) is 3.06. The van der Waals surface area contributed by atoms with Gasteiger partial charge in [-0.05, 0) is 155 Å². The van der Waals surface area contributed by atoms with Gasteiger partial charge in [-0.3, -0.25) is 9.59 Å². The van der Waals surface area contributed by atoms with Gasteiger partial charge in [0.1, 0.15) is 31.5 Å². The van der Waals surface area contributed by atoms with Gasteiger partial charge in [0.25, 0.3) is 0 Å². The van der Waals surface area contributed by atoms with Gasteiger partial charge in [-0.1, -0.05) is 0 Å². The molecule has 10 N–H and O–H groups in total. The van der Waals surface area contributed by atoms with E-state index in [4.69, 9.17) is 34.6 Å². The highest BCUT2D eigenvalue weighted by Gasteiger charge is 2.29. The van der Waals surface area contributed by atoms with Crippen molar-refractivity contribution in [1.82, 2.24) is 5.32 Å². The van der Waals surface area contributed by atoms with Gasteiger partial charge in [0, 0.05) is 20.8 Å². The lowest BCUT2D eigenvalue weighted by atomic mass is 10.0. The fourth-order valence-corrected chi connectivity index (χ4v) is 11.9. The number of hydrogen-bond donors (Lipinski definition) is 10. The van der Waals surface area contributed by atoms with E-state index in [1.807, 2.05) is 136 Å². The maximum Gasteiger partial charge on any atom is 0.337 e. The number of nitrogens with one attached hydrogen (secondary N) is 3. The van der Waals surface area contributed by atoms with E-state index in [-0.39, 0.29) is 57.3 Å². The van der Waals surface area contributed by atoms with E-state index in [0.29, 0.717) is 32.8 Å². The summed E-state index contributed by atoms with van der Waals surface area (Å²) < 4.78 is 19.4. The van der Waals surface area contributed by atoms with Crippen LogP contribution in [-0.2, 0) is 23.8 Å². The number of hydrogen-bond acceptors (Lipinski definition) is 13. The average molecular weight is 1410 g/mol. The van der Waals surface area contributed by atoms with Crippen molar-refractivity contribution in [3.8, 4) is 0 Å². The second-order valence-corrected chi connectivity index (χ2v) is 16.9. The van der Waals surface area contributed by atoms with Crippen molar-refractivity contribution in [2.24, 2.45) is 0 Å². The van der Waals surface area contributed by atoms with Crippen LogP contribution in [0.5, 0.6) is 0 Å². The predicted molar refractivity (Wildman–Crippen MR) is 238 cm³/mol. The molecule has 0 aliphatic heterocycles. The predicted octanol–water partition coefficient (Wildman–Crippen LogP) is 1.98. The van der Waals surface area contributed by atoms with Gasteiger partial charge in [0.2, 0.25) is 11.8 Å². The Kier molecular flexibility index (Phi) is 25.5. The smallest absolute Gasteiger partial charge is 0.337 e. The van der Waals surface area contributed by atoms with Crippen LogP contribution in [0.4, 0.5) is 11.4 Å². The van der Waals surface area contributed by atoms with E-state index in [9.17, 15) is 34.5 Å². The van der Waals surface area contributed by atoms with Gasteiger partial charge in [0.15, 0.2) is 0 Å². The normalized spacial score (nSPS) is 13.3. The zero-order chi connectivity index (χ0) is 39.7. The maximum atomic E-state index is 12.2. The van der Waals surface area contributed by atoms with Crippen molar-refractivity contribution in [2.75, 3.05) is 70.5 Å². The molecule has 17 nitrogen and oxygen atoms in total. The summed E-state index contributed by atoms with van der Waals surface area (Å²) in [5, 5.41) is 71.7. The van der Waals surface area contributed by atoms with Crippen LogP contribution in [0.1, 0.15) is 20.7 Å². The quantitative estimate of drug-likeness (QED) is 0.0671. The van der Waals surface area contributed by atoms with Gasteiger partial charge < -0.3 is 65.9 Å². The van der Waals surface area contributed by atoms with Crippen LogP contribution >= 0.6 is 136 Å². The molecule has 0 spiro atoms. The maximum absolute atomic E-state index is 12.2. The number of likely N-dealkylation sites (N-methyl/N-ethyl adjacent to an activating group) is 1. The van der Waals surface area contributed by atoms with Crippen molar-refractivity contribution < 1.29 is 69.1 Å². The van der Waals surface area contributed by atoms with E-state index in [0.717, 1.165) is 0 Å². The number of amides is 2. The molecule has 0 bridgehead atoms. The minimum Gasteiger partial charge on any atom is -0.478 e. The van der Waals surface area contributed by atoms with Crippen LogP contribution in [0.2, 0.25) is 0 Å². The number of carbonyl (C=O) groups is 4. The fourth-order valence-electron chi connectivity index (χ4n) is 3.71. The summed E-state index contributed by atoms with van der Waals surface area (Å²) in [4.78, 5) is 47.5. The number of benzene rings is 2. The summed E-state index contributed by atoms with van der Waals surface area (Å²) in [6, 6.07) is 3.36. The number of aliphatic hydroxyl groups excluding tert-OH is 5. The van der Waals surface area contributed by atoms with Crippen molar-refractivity contribution in [3.05, 3.63) is 44.7 Å². The second-order valence-electron chi connectivity index (χ2n) is 10.1. The lowest BCUT2D eigenvalue weighted by Gasteiger charge is -2.25. The van der Waals surface area contributed by atoms with Crippen LogP contribution in [0, 0.1) is 21.4 Å². The highest BCUT2D eigenvalue weighted by Crippen LogP contribution is 2.33. The van der Waals surface area contributed by atoms with Crippen molar-refractivity contribution in [3.63, 3.8) is 0 Å². The SMILES string of the molecule is CNC[C@H](O)[C@@H](O)[C@H](O)[C@H](O)CO.O=C(COCCOCCOCC(=O)Nc1c(I)cc(I)c(C(=O)O)c1I)Nc1c(I)cc(I)c(C(=O)O)c1I. The number of carboxylic acid groups (broad SMARTS) is 2. The van der Waals surface area contributed by atoms with Crippen molar-refractivity contribution in [1.29, 1.82) is 0 Å². The van der Waals surface area contributed by atoms with Crippen LogP contribution in [-0.4, -0.2) is 144 Å². The number of aromatic carboxylic acids is 2. The third-order valence-electron chi connectivity index (χ3n) is 6.25. The summed E-state index contributed by atoms with van der Waals surface area (Å²) in [5.41, 5.74) is 1.11. The number of rotatable bonds is 20. The monoisotopic (exact) mass is 1410 g/mol. The lowest BCUT2D eigenvalue weighted by molar-refractivity contribution is -0.121. The van der Waals surface area contributed by atoms with E-state index in [1.165, 1.54) is 0 Å². The summed E-state index contributed by atoms with van der Waals surface area (Å²) in [5.74, 6) is -2.99. The summed E-state index contributed by atoms with van der Waals surface area (Å²) in [6.45, 7) is -0.361. The minimum absolute atomic E-state index is 0.0936. The number of ether oxygens (including phenoxy) is 3. The molecule has 292 valence electrons. The highest BCUT2D eigenvalue weighted by atomic mass is 127. The second kappa shape index (κ2) is 26.3. The zero-order valence-corrected chi connectivity index (χ0v) is 39.8. The molecule has 0 saturated heterocycles. The molecule has 0 radical (unpaired) electrons. The Bertz CT molecular complexity index is 1440. The number of halogens is 6. The molecule has 2 aromatic rings. The number of carboxylic acids is 2. The van der Waals surface area contributed by atoms with Crippen molar-refractivity contribution >= 4 is 171 Å². The topological polar surface area (TPSA) is 274 Å². The Morgan fingerprint density at radius 2 is 1.00 bits per heavy atom.